The number of nitrogens with zero attached hydrogens (tertiary/aromatic N) is 3. The van der Waals surface area contributed by atoms with E-state index in [0.717, 1.165) is 5.69 Å². The summed E-state index contributed by atoms with van der Waals surface area (Å²) in [5, 5.41) is 9.29. The molecule has 0 saturated heterocycles. The summed E-state index contributed by atoms with van der Waals surface area (Å²) in [6, 6.07) is 4.94. The van der Waals surface area contributed by atoms with Crippen LogP contribution < -0.4 is 4.90 Å². The quantitative estimate of drug-likeness (QED) is 0.866. The third kappa shape index (κ3) is 2.90. The first-order valence-electron chi connectivity index (χ1n) is 7.39. The van der Waals surface area contributed by atoms with Crippen LogP contribution in [-0.2, 0) is 17.8 Å². The van der Waals surface area contributed by atoms with Gasteiger partial charge in [-0.25, -0.2) is 14.6 Å². The lowest BCUT2D eigenvalue weighted by Crippen LogP contribution is -2.34. The van der Waals surface area contributed by atoms with Gasteiger partial charge >= 0.3 is 11.9 Å². The molecule has 0 fully saturated rings. The Hall–Kier alpha value is -2.83. The molecular weight excluding hydrogens is 298 g/mol. The van der Waals surface area contributed by atoms with Crippen molar-refractivity contribution >= 4 is 17.8 Å². The number of pyridine rings is 1. The standard InChI is InChI=1S/C16H17N3O4/c1-2-23-16(22)11-8-12-10-19(7-6-18(12)9-11)14-13(15(20)21)4-3-5-17-14/h3-5,8-9H,2,6-7,10H2,1H3,(H,20,21). The highest BCUT2D eigenvalue weighted by atomic mass is 16.5. The van der Waals surface area contributed by atoms with Crippen LogP contribution in [0.1, 0.15) is 33.3 Å². The number of hydrogen-bond acceptors (Lipinski definition) is 5. The van der Waals surface area contributed by atoms with Gasteiger partial charge in [-0.1, -0.05) is 0 Å². The van der Waals surface area contributed by atoms with Crippen LogP contribution in [0, 0.1) is 0 Å². The van der Waals surface area contributed by atoms with Crippen molar-refractivity contribution in [1.82, 2.24) is 9.55 Å². The molecule has 0 bridgehead atoms. The molecule has 3 heterocycles. The number of hydrogen-bond donors (Lipinski definition) is 1. The van der Waals surface area contributed by atoms with Crippen LogP contribution in [0.3, 0.4) is 0 Å². The number of esters is 1. The van der Waals surface area contributed by atoms with Crippen LogP contribution in [-0.4, -0.2) is 39.7 Å². The molecule has 2 aromatic rings. The highest BCUT2D eigenvalue weighted by Gasteiger charge is 2.23. The van der Waals surface area contributed by atoms with Crippen LogP contribution in [0.5, 0.6) is 0 Å². The van der Waals surface area contributed by atoms with Crippen molar-refractivity contribution in [3.63, 3.8) is 0 Å². The number of carboxylic acids is 1. The fourth-order valence-electron chi connectivity index (χ4n) is 2.72. The summed E-state index contributed by atoms with van der Waals surface area (Å²) in [4.78, 5) is 29.3. The zero-order valence-electron chi connectivity index (χ0n) is 12.7. The van der Waals surface area contributed by atoms with E-state index in [1.165, 1.54) is 0 Å². The predicted molar refractivity (Wildman–Crippen MR) is 82.6 cm³/mol. The topological polar surface area (TPSA) is 84.7 Å². The third-order valence-corrected chi connectivity index (χ3v) is 3.78. The molecule has 7 heteroatoms. The normalized spacial score (nSPS) is 13.5. The molecule has 7 nitrogen and oxygen atoms in total. The van der Waals surface area contributed by atoms with E-state index < -0.39 is 5.97 Å². The second-order valence-corrected chi connectivity index (χ2v) is 5.24. The lowest BCUT2D eigenvalue weighted by Gasteiger charge is -2.30. The number of ether oxygens (including phenoxy) is 1. The number of carbonyl (C=O) groups is 2. The van der Waals surface area contributed by atoms with Crippen LogP contribution in [0.25, 0.3) is 0 Å². The van der Waals surface area contributed by atoms with Crippen LogP contribution in [0.2, 0.25) is 0 Å². The first-order valence-corrected chi connectivity index (χ1v) is 7.39. The van der Waals surface area contributed by atoms with Crippen LogP contribution in [0.4, 0.5) is 5.82 Å². The van der Waals surface area contributed by atoms with Crippen LogP contribution in [0.15, 0.2) is 30.6 Å². The molecule has 3 rings (SSSR count). The molecule has 2 aromatic heterocycles. The Balaban J connectivity index is 1.86. The van der Waals surface area contributed by atoms with Gasteiger partial charge in [-0.2, -0.15) is 0 Å². The molecule has 1 N–H and O–H groups in total. The Labute approximate surface area is 133 Å². The highest BCUT2D eigenvalue weighted by molar-refractivity contribution is 5.93. The summed E-state index contributed by atoms with van der Waals surface area (Å²) in [6.45, 7) is 3.88. The summed E-state index contributed by atoms with van der Waals surface area (Å²) < 4.78 is 7.00. The number of carbonyl (C=O) groups excluding carboxylic acids is 1. The lowest BCUT2D eigenvalue weighted by molar-refractivity contribution is 0.0525. The Kier molecular flexibility index (Phi) is 4.01. The monoisotopic (exact) mass is 315 g/mol. The second-order valence-electron chi connectivity index (χ2n) is 5.24. The summed E-state index contributed by atoms with van der Waals surface area (Å²) in [6.07, 6.45) is 3.36. The Morgan fingerprint density at radius 3 is 2.96 bits per heavy atom. The summed E-state index contributed by atoms with van der Waals surface area (Å²) in [5.74, 6) is -0.892. The minimum atomic E-state index is -0.999. The molecule has 0 aromatic carbocycles. The maximum absolute atomic E-state index is 11.8. The molecule has 0 amide bonds. The van der Waals surface area contributed by atoms with Gasteiger partial charge in [-0.05, 0) is 25.1 Å². The minimum Gasteiger partial charge on any atom is -0.478 e. The van der Waals surface area contributed by atoms with Crippen LogP contribution >= 0.6 is 0 Å². The number of rotatable bonds is 4. The van der Waals surface area contributed by atoms with E-state index in [4.69, 9.17) is 4.74 Å². The fraction of sp³-hybridized carbons (Fsp3) is 0.312. The highest BCUT2D eigenvalue weighted by Crippen LogP contribution is 2.24. The SMILES string of the molecule is CCOC(=O)c1cc2n(c1)CCN(c1ncccc1C(=O)O)C2. The molecule has 0 spiro atoms. The zero-order valence-corrected chi connectivity index (χ0v) is 12.7. The average Bonchev–Trinajstić information content (AvgIpc) is 2.98. The van der Waals surface area contributed by atoms with Gasteiger partial charge < -0.3 is 19.3 Å². The molecule has 120 valence electrons. The van der Waals surface area contributed by atoms with Crippen molar-refractivity contribution in [2.45, 2.75) is 20.0 Å². The van der Waals surface area contributed by atoms with Crippen molar-refractivity contribution in [1.29, 1.82) is 0 Å². The van der Waals surface area contributed by atoms with E-state index in [1.54, 1.807) is 37.5 Å². The lowest BCUT2D eigenvalue weighted by atomic mass is 10.2. The molecule has 0 aliphatic carbocycles. The Bertz CT molecular complexity index is 754. The fourth-order valence-corrected chi connectivity index (χ4v) is 2.72. The van der Waals surface area contributed by atoms with E-state index in [9.17, 15) is 14.7 Å². The molecule has 23 heavy (non-hydrogen) atoms. The molecule has 1 aliphatic heterocycles. The Morgan fingerprint density at radius 1 is 1.39 bits per heavy atom. The van der Waals surface area contributed by atoms with Gasteiger partial charge in [-0.3, -0.25) is 0 Å². The van der Waals surface area contributed by atoms with Gasteiger partial charge in [-0.15, -0.1) is 0 Å². The van der Waals surface area contributed by atoms with Crippen molar-refractivity contribution in [3.8, 4) is 0 Å². The van der Waals surface area contributed by atoms with Crippen molar-refractivity contribution in [3.05, 3.63) is 47.4 Å². The van der Waals surface area contributed by atoms with Gasteiger partial charge in [0.1, 0.15) is 11.4 Å². The maximum atomic E-state index is 11.8. The molecular formula is C16H17N3O4. The summed E-state index contributed by atoms with van der Waals surface area (Å²) >= 11 is 0. The van der Waals surface area contributed by atoms with Crippen molar-refractivity contribution < 1.29 is 19.4 Å². The van der Waals surface area contributed by atoms with Gasteiger partial charge in [0.25, 0.3) is 0 Å². The first kappa shape index (κ1) is 15.1. The van der Waals surface area contributed by atoms with E-state index in [1.807, 2.05) is 9.47 Å². The largest absolute Gasteiger partial charge is 0.478 e. The Morgan fingerprint density at radius 2 is 2.22 bits per heavy atom. The van der Waals surface area contributed by atoms with E-state index in [2.05, 4.69) is 4.98 Å². The van der Waals surface area contributed by atoms with Gasteiger partial charge in [0.05, 0.1) is 18.7 Å². The molecule has 1 aliphatic rings. The summed E-state index contributed by atoms with van der Waals surface area (Å²) in [7, 11) is 0. The van der Waals surface area contributed by atoms with Gasteiger partial charge in [0.15, 0.2) is 0 Å². The number of fused-ring (bicyclic) bond motifs is 1. The van der Waals surface area contributed by atoms with Crippen molar-refractivity contribution in [2.75, 3.05) is 18.1 Å². The maximum Gasteiger partial charge on any atom is 0.339 e. The third-order valence-electron chi connectivity index (χ3n) is 3.78. The summed E-state index contributed by atoms with van der Waals surface area (Å²) in [5.41, 5.74) is 1.63. The van der Waals surface area contributed by atoms with E-state index >= 15 is 0 Å². The molecule has 0 saturated carbocycles. The minimum absolute atomic E-state index is 0.179. The van der Waals surface area contributed by atoms with E-state index in [-0.39, 0.29) is 11.5 Å². The zero-order chi connectivity index (χ0) is 16.4. The van der Waals surface area contributed by atoms with E-state index in [0.29, 0.717) is 37.6 Å². The molecule has 0 unspecified atom stereocenters. The van der Waals surface area contributed by atoms with Gasteiger partial charge in [0.2, 0.25) is 0 Å². The number of aromatic carboxylic acids is 1. The second kappa shape index (κ2) is 6.12. The first-order chi connectivity index (χ1) is 11.1. The number of aromatic nitrogens is 2. The number of carboxylic acid groups (broad SMARTS) is 1. The number of anilines is 1. The smallest absolute Gasteiger partial charge is 0.339 e. The molecule has 0 radical (unpaired) electrons. The molecule has 0 atom stereocenters. The predicted octanol–water partition coefficient (Wildman–Crippen LogP) is 1.78. The average molecular weight is 315 g/mol. The van der Waals surface area contributed by atoms with Gasteiger partial charge in [0, 0.05) is 31.2 Å². The van der Waals surface area contributed by atoms with Crippen molar-refractivity contribution in [2.24, 2.45) is 0 Å².